The quantitative estimate of drug-likeness (QED) is 0.185. The van der Waals surface area contributed by atoms with Crippen LogP contribution in [-0.2, 0) is 17.9 Å². The molecule has 1 N–H and O–H groups in total. The van der Waals surface area contributed by atoms with Crippen molar-refractivity contribution in [2.75, 3.05) is 0 Å². The lowest BCUT2D eigenvalue weighted by Gasteiger charge is -2.27. The number of imidazole rings is 1. The van der Waals surface area contributed by atoms with Crippen molar-refractivity contribution in [1.29, 1.82) is 0 Å². The molecule has 0 fully saturated rings. The summed E-state index contributed by atoms with van der Waals surface area (Å²) in [6.45, 7) is 15.2. The number of benzene rings is 5. The highest BCUT2D eigenvalue weighted by molar-refractivity contribution is 6.00. The second-order valence-electron chi connectivity index (χ2n) is 17.0. The van der Waals surface area contributed by atoms with E-state index < -0.39 is 0 Å². The maximum Gasteiger partial charge on any atom is 0.144 e. The first-order valence-corrected chi connectivity index (χ1v) is 19.3. The Labute approximate surface area is 330 Å². The summed E-state index contributed by atoms with van der Waals surface area (Å²) in [6.07, 6.45) is 5.68. The molecule has 278 valence electrons. The van der Waals surface area contributed by atoms with Gasteiger partial charge in [0.15, 0.2) is 0 Å². The lowest BCUT2D eigenvalue weighted by molar-refractivity contribution is 0.446. The lowest BCUT2D eigenvalue weighted by atomic mass is 9.79. The zero-order valence-corrected chi connectivity index (χ0v) is 33.5. The highest BCUT2D eigenvalue weighted by Gasteiger charge is 2.28. The Morgan fingerprint density at radius 2 is 1.20 bits per heavy atom. The van der Waals surface area contributed by atoms with E-state index in [0.29, 0.717) is 5.82 Å². The second-order valence-corrected chi connectivity index (χ2v) is 17.0. The number of aromatic hydroxyl groups is 1. The molecule has 0 atom stereocenters. The number of pyridine rings is 2. The van der Waals surface area contributed by atoms with Crippen LogP contribution in [0.3, 0.4) is 0 Å². The molecule has 0 radical (unpaired) electrons. The van der Waals surface area contributed by atoms with Crippen LogP contribution in [0.5, 0.6) is 5.75 Å². The maximum atomic E-state index is 12.0. The lowest BCUT2D eigenvalue weighted by Crippen LogP contribution is -2.17. The Morgan fingerprint density at radius 1 is 0.554 bits per heavy atom. The summed E-state index contributed by atoms with van der Waals surface area (Å²) < 4.78 is 2.13. The van der Waals surface area contributed by atoms with Gasteiger partial charge in [-0.25, -0.2) is 4.98 Å². The minimum absolute atomic E-state index is 0.135. The standard InChI is InChI=1S/C51H48N4O/c1-32-30-53-45(29-41(32)34-18-13-10-14-19-34)39-23-36(33-16-11-9-12-17-33)22-38(24-39)42-25-37(35-20-15-21-52-31-35)26-46-47(42)54-49(55(46)8)43-27-40(50(2,3)4)28-44(48(43)56)51(5,6)7/h9-31,56H,1-8H3. The number of aromatic nitrogens is 4. The number of rotatable bonds is 6. The van der Waals surface area contributed by atoms with Crippen LogP contribution in [0.4, 0.5) is 0 Å². The Bertz CT molecular complexity index is 2720. The molecule has 3 aromatic heterocycles. The van der Waals surface area contributed by atoms with Crippen molar-refractivity contribution in [2.24, 2.45) is 7.05 Å². The molecule has 0 saturated carbocycles. The van der Waals surface area contributed by atoms with Crippen LogP contribution in [0.25, 0.3) is 78.2 Å². The third-order valence-electron chi connectivity index (χ3n) is 10.8. The van der Waals surface area contributed by atoms with Gasteiger partial charge in [0.2, 0.25) is 0 Å². The van der Waals surface area contributed by atoms with E-state index in [4.69, 9.17) is 9.97 Å². The van der Waals surface area contributed by atoms with Gasteiger partial charge in [0.25, 0.3) is 0 Å². The molecule has 5 aromatic carbocycles. The number of nitrogens with zero attached hydrogens (tertiary/aromatic N) is 4. The fourth-order valence-electron chi connectivity index (χ4n) is 7.60. The molecule has 8 rings (SSSR count). The van der Waals surface area contributed by atoms with Crippen molar-refractivity contribution in [2.45, 2.75) is 59.3 Å². The molecule has 0 spiro atoms. The highest BCUT2D eigenvalue weighted by Crippen LogP contribution is 2.44. The summed E-state index contributed by atoms with van der Waals surface area (Å²) in [5.41, 5.74) is 15.8. The van der Waals surface area contributed by atoms with Crippen molar-refractivity contribution in [3.8, 4) is 72.9 Å². The SMILES string of the molecule is Cc1cnc(-c2cc(-c3ccccc3)cc(-c3cc(-c4cccnc4)cc4c3nc(-c3cc(C(C)(C)C)cc(C(C)(C)C)c3O)n4C)c2)cc1-c1ccccc1. The Morgan fingerprint density at radius 3 is 1.86 bits per heavy atom. The van der Waals surface area contributed by atoms with Gasteiger partial charge in [-0.2, -0.15) is 0 Å². The van der Waals surface area contributed by atoms with Crippen LogP contribution >= 0.6 is 0 Å². The molecule has 0 unspecified atom stereocenters. The van der Waals surface area contributed by atoms with Crippen molar-refractivity contribution in [3.05, 3.63) is 157 Å². The number of hydrogen-bond donors (Lipinski definition) is 1. The Kier molecular flexibility index (Phi) is 9.20. The van der Waals surface area contributed by atoms with Gasteiger partial charge >= 0.3 is 0 Å². The van der Waals surface area contributed by atoms with E-state index in [1.165, 1.54) is 0 Å². The third kappa shape index (κ3) is 6.90. The van der Waals surface area contributed by atoms with Crippen LogP contribution in [0.15, 0.2) is 140 Å². The Balaban J connectivity index is 1.42. The minimum atomic E-state index is -0.276. The summed E-state index contributed by atoms with van der Waals surface area (Å²) in [4.78, 5) is 14.9. The molecule has 0 saturated heterocycles. The number of phenolic OH excluding ortho intramolecular Hbond substituents is 1. The zero-order chi connectivity index (χ0) is 39.4. The summed E-state index contributed by atoms with van der Waals surface area (Å²) in [5.74, 6) is 0.983. The topological polar surface area (TPSA) is 63.8 Å². The van der Waals surface area contributed by atoms with Crippen LogP contribution in [-0.4, -0.2) is 24.6 Å². The molecule has 3 heterocycles. The first-order chi connectivity index (χ1) is 26.8. The van der Waals surface area contributed by atoms with Gasteiger partial charge < -0.3 is 9.67 Å². The molecule has 5 nitrogen and oxygen atoms in total. The van der Waals surface area contributed by atoms with Gasteiger partial charge in [-0.15, -0.1) is 0 Å². The summed E-state index contributed by atoms with van der Waals surface area (Å²) in [5, 5.41) is 12.0. The zero-order valence-electron chi connectivity index (χ0n) is 33.5. The molecule has 0 amide bonds. The first kappa shape index (κ1) is 36.6. The minimum Gasteiger partial charge on any atom is -0.507 e. The average Bonchev–Trinajstić information content (AvgIpc) is 3.53. The molecule has 0 aliphatic carbocycles. The van der Waals surface area contributed by atoms with Gasteiger partial charge in [-0.3, -0.25) is 9.97 Å². The highest BCUT2D eigenvalue weighted by atomic mass is 16.3. The van der Waals surface area contributed by atoms with E-state index in [1.54, 1.807) is 6.20 Å². The number of phenols is 1. The van der Waals surface area contributed by atoms with Crippen LogP contribution in [0.2, 0.25) is 0 Å². The fourth-order valence-corrected chi connectivity index (χ4v) is 7.60. The van der Waals surface area contributed by atoms with Gasteiger partial charge in [0.1, 0.15) is 11.6 Å². The van der Waals surface area contributed by atoms with Gasteiger partial charge in [0, 0.05) is 47.9 Å². The molecule has 0 aliphatic rings. The van der Waals surface area contributed by atoms with Crippen LogP contribution in [0.1, 0.15) is 58.2 Å². The first-order valence-electron chi connectivity index (χ1n) is 19.3. The van der Waals surface area contributed by atoms with Crippen molar-refractivity contribution in [1.82, 2.24) is 19.5 Å². The normalized spacial score (nSPS) is 12.0. The van der Waals surface area contributed by atoms with E-state index in [1.807, 2.05) is 30.6 Å². The van der Waals surface area contributed by atoms with Crippen LogP contribution in [0, 0.1) is 6.92 Å². The molecule has 8 aromatic rings. The van der Waals surface area contributed by atoms with E-state index in [0.717, 1.165) is 89.1 Å². The van der Waals surface area contributed by atoms with E-state index in [2.05, 4.69) is 168 Å². The smallest absolute Gasteiger partial charge is 0.144 e. The molecule has 0 bridgehead atoms. The van der Waals surface area contributed by atoms with Crippen molar-refractivity contribution < 1.29 is 5.11 Å². The summed E-state index contributed by atoms with van der Waals surface area (Å²) in [7, 11) is 2.05. The van der Waals surface area contributed by atoms with E-state index in [9.17, 15) is 5.11 Å². The summed E-state index contributed by atoms with van der Waals surface area (Å²) >= 11 is 0. The third-order valence-corrected chi connectivity index (χ3v) is 10.8. The monoisotopic (exact) mass is 732 g/mol. The largest absolute Gasteiger partial charge is 0.507 e. The second kappa shape index (κ2) is 14.1. The molecule has 0 aliphatic heterocycles. The number of fused-ring (bicyclic) bond motifs is 1. The number of aryl methyl sites for hydroxylation is 2. The molecule has 56 heavy (non-hydrogen) atoms. The van der Waals surface area contributed by atoms with E-state index in [-0.39, 0.29) is 16.6 Å². The Hall–Kier alpha value is -6.33. The molecule has 5 heteroatoms. The van der Waals surface area contributed by atoms with Gasteiger partial charge in [0.05, 0.1) is 22.3 Å². The predicted octanol–water partition coefficient (Wildman–Crippen LogP) is 13.0. The fraction of sp³-hybridized carbons (Fsp3) is 0.196. The van der Waals surface area contributed by atoms with Crippen molar-refractivity contribution >= 4 is 11.0 Å². The van der Waals surface area contributed by atoms with Crippen LogP contribution < -0.4 is 0 Å². The average molecular weight is 733 g/mol. The van der Waals surface area contributed by atoms with Crippen molar-refractivity contribution in [3.63, 3.8) is 0 Å². The molecular formula is C51H48N4O. The predicted molar refractivity (Wildman–Crippen MR) is 233 cm³/mol. The van der Waals surface area contributed by atoms with E-state index >= 15 is 0 Å². The molecular weight excluding hydrogens is 685 g/mol. The maximum absolute atomic E-state index is 12.0. The van der Waals surface area contributed by atoms with Gasteiger partial charge in [-0.1, -0.05) is 114 Å². The summed E-state index contributed by atoms with van der Waals surface area (Å²) in [6, 6.07) is 42.7. The number of hydrogen-bond acceptors (Lipinski definition) is 4. The van der Waals surface area contributed by atoms with Gasteiger partial charge in [-0.05, 0) is 111 Å².